The minimum Gasteiger partial charge on any atom is -0.386 e. The fourth-order valence-corrected chi connectivity index (χ4v) is 2.56. The summed E-state index contributed by atoms with van der Waals surface area (Å²) in [6.07, 6.45) is -0.546. The summed E-state index contributed by atoms with van der Waals surface area (Å²) in [5, 5.41) is 13.7. The van der Waals surface area contributed by atoms with Crippen LogP contribution < -0.4 is 0 Å². The fraction of sp³-hybridized carbons (Fsp3) is 0.600. The fourth-order valence-electron chi connectivity index (χ4n) is 0.948. The molecule has 0 aliphatic rings. The second kappa shape index (κ2) is 4.75. The molecule has 14 heavy (non-hydrogen) atoms. The van der Waals surface area contributed by atoms with Gasteiger partial charge in [-0.25, -0.2) is 0 Å². The second-order valence-corrected chi connectivity index (χ2v) is 5.71. The topological polar surface area (TPSA) is 29.5 Å². The Hall–Kier alpha value is 0.100. The highest BCUT2D eigenvalue weighted by Gasteiger charge is 2.16. The van der Waals surface area contributed by atoms with Gasteiger partial charge in [0.25, 0.3) is 0 Å². The molecule has 4 heteroatoms. The van der Waals surface area contributed by atoms with Crippen molar-refractivity contribution in [1.29, 1.82) is 0 Å². The van der Waals surface area contributed by atoms with E-state index in [1.54, 1.807) is 11.3 Å². The molecular formula is C10H15BrO2S. The molecule has 1 aromatic rings. The average Bonchev–Trinajstić information content (AvgIpc) is 2.46. The van der Waals surface area contributed by atoms with Gasteiger partial charge >= 0.3 is 0 Å². The summed E-state index contributed by atoms with van der Waals surface area (Å²) in [7, 11) is 0. The van der Waals surface area contributed by atoms with Crippen LogP contribution in [0.3, 0.4) is 0 Å². The van der Waals surface area contributed by atoms with E-state index in [0.29, 0.717) is 6.61 Å². The van der Waals surface area contributed by atoms with Gasteiger partial charge in [0.15, 0.2) is 0 Å². The van der Waals surface area contributed by atoms with Gasteiger partial charge in [-0.15, -0.1) is 0 Å². The molecule has 0 saturated heterocycles. The number of thiophene rings is 1. The predicted molar refractivity (Wildman–Crippen MR) is 62.7 cm³/mol. The number of aliphatic hydroxyl groups is 1. The lowest BCUT2D eigenvalue weighted by atomic mass is 10.1. The smallest absolute Gasteiger partial charge is 0.104 e. The molecular weight excluding hydrogens is 264 g/mol. The summed E-state index contributed by atoms with van der Waals surface area (Å²) >= 11 is 4.95. The Kier molecular flexibility index (Phi) is 4.13. The molecule has 2 nitrogen and oxygen atoms in total. The summed E-state index contributed by atoms with van der Waals surface area (Å²) in [5.41, 5.74) is 0.697. The van der Waals surface area contributed by atoms with E-state index in [9.17, 15) is 5.11 Å². The highest BCUT2D eigenvalue weighted by molar-refractivity contribution is 9.10. The van der Waals surface area contributed by atoms with Gasteiger partial charge in [-0.2, -0.15) is 11.3 Å². The van der Waals surface area contributed by atoms with Crippen LogP contribution in [0, 0.1) is 0 Å². The third-order valence-electron chi connectivity index (χ3n) is 1.68. The quantitative estimate of drug-likeness (QED) is 0.919. The number of ether oxygens (including phenoxy) is 1. The maximum absolute atomic E-state index is 9.81. The Morgan fingerprint density at radius 2 is 2.14 bits per heavy atom. The van der Waals surface area contributed by atoms with E-state index >= 15 is 0 Å². The van der Waals surface area contributed by atoms with Gasteiger partial charge in [0, 0.05) is 15.4 Å². The molecule has 1 atom stereocenters. The minimum absolute atomic E-state index is 0.205. The van der Waals surface area contributed by atoms with Crippen molar-refractivity contribution in [2.75, 3.05) is 6.61 Å². The van der Waals surface area contributed by atoms with Gasteiger partial charge in [0.1, 0.15) is 6.10 Å². The molecule has 80 valence electrons. The van der Waals surface area contributed by atoms with Crippen molar-refractivity contribution in [1.82, 2.24) is 0 Å². The van der Waals surface area contributed by atoms with Crippen LogP contribution in [0.1, 0.15) is 32.4 Å². The van der Waals surface area contributed by atoms with Crippen LogP contribution in [0.2, 0.25) is 0 Å². The van der Waals surface area contributed by atoms with Crippen LogP contribution in [0.25, 0.3) is 0 Å². The molecule has 0 radical (unpaired) electrons. The lowest BCUT2D eigenvalue weighted by Crippen LogP contribution is -2.22. The Labute approximate surface area is 97.0 Å². The monoisotopic (exact) mass is 278 g/mol. The van der Waals surface area contributed by atoms with Gasteiger partial charge in [-0.05, 0) is 42.1 Å². The first-order valence-electron chi connectivity index (χ1n) is 4.44. The average molecular weight is 279 g/mol. The van der Waals surface area contributed by atoms with Crippen LogP contribution >= 0.6 is 27.3 Å². The molecule has 0 spiro atoms. The molecule has 0 aliphatic carbocycles. The van der Waals surface area contributed by atoms with E-state index in [0.717, 1.165) is 10.0 Å². The zero-order chi connectivity index (χ0) is 10.8. The molecule has 0 bridgehead atoms. The van der Waals surface area contributed by atoms with Crippen molar-refractivity contribution in [2.24, 2.45) is 0 Å². The zero-order valence-electron chi connectivity index (χ0n) is 8.58. The van der Waals surface area contributed by atoms with Crippen LogP contribution in [0.15, 0.2) is 15.2 Å². The van der Waals surface area contributed by atoms with Crippen LogP contribution in [0.5, 0.6) is 0 Å². The standard InChI is InChI=1S/C10H15BrO2S/c1-10(2,3)13-4-9(12)7-5-14-6-8(7)11/h5-6,9,12H,4H2,1-3H3. The molecule has 0 aromatic carbocycles. The molecule has 0 saturated carbocycles. The highest BCUT2D eigenvalue weighted by Crippen LogP contribution is 2.28. The first-order valence-corrected chi connectivity index (χ1v) is 6.17. The lowest BCUT2D eigenvalue weighted by Gasteiger charge is -2.21. The van der Waals surface area contributed by atoms with E-state index < -0.39 is 6.10 Å². The summed E-state index contributed by atoms with van der Waals surface area (Å²) < 4.78 is 6.46. The van der Waals surface area contributed by atoms with Crippen molar-refractivity contribution < 1.29 is 9.84 Å². The maximum Gasteiger partial charge on any atom is 0.104 e. The van der Waals surface area contributed by atoms with E-state index in [4.69, 9.17) is 4.74 Å². The number of hydrogen-bond donors (Lipinski definition) is 1. The SMILES string of the molecule is CC(C)(C)OCC(O)c1cscc1Br. The van der Waals surface area contributed by atoms with E-state index in [2.05, 4.69) is 15.9 Å². The number of aliphatic hydroxyl groups excluding tert-OH is 1. The summed E-state index contributed by atoms with van der Waals surface area (Å²) in [4.78, 5) is 0. The third-order valence-corrected chi connectivity index (χ3v) is 3.43. The van der Waals surface area contributed by atoms with Crippen molar-refractivity contribution in [3.8, 4) is 0 Å². The Bertz CT molecular complexity index is 291. The molecule has 1 heterocycles. The molecule has 0 aliphatic heterocycles. The van der Waals surface area contributed by atoms with Crippen molar-refractivity contribution in [3.63, 3.8) is 0 Å². The van der Waals surface area contributed by atoms with Crippen molar-refractivity contribution in [2.45, 2.75) is 32.5 Å². The lowest BCUT2D eigenvalue weighted by molar-refractivity contribution is -0.0496. The number of hydrogen-bond acceptors (Lipinski definition) is 3. The molecule has 1 rings (SSSR count). The van der Waals surface area contributed by atoms with Gasteiger partial charge in [0.2, 0.25) is 0 Å². The second-order valence-electron chi connectivity index (χ2n) is 4.11. The summed E-state index contributed by atoms with van der Waals surface area (Å²) in [6.45, 7) is 6.26. The normalized spacial score (nSPS) is 14.4. The van der Waals surface area contributed by atoms with Gasteiger partial charge in [-0.1, -0.05) is 0 Å². The van der Waals surface area contributed by atoms with E-state index in [-0.39, 0.29) is 5.60 Å². The van der Waals surface area contributed by atoms with E-state index in [1.165, 1.54) is 0 Å². The van der Waals surface area contributed by atoms with Crippen molar-refractivity contribution in [3.05, 3.63) is 20.8 Å². The molecule has 1 unspecified atom stereocenters. The summed E-state index contributed by atoms with van der Waals surface area (Å²) in [5.74, 6) is 0. The Morgan fingerprint density at radius 1 is 1.50 bits per heavy atom. The Balaban J connectivity index is 2.51. The van der Waals surface area contributed by atoms with Crippen LogP contribution in [-0.4, -0.2) is 17.3 Å². The number of rotatable bonds is 3. The largest absolute Gasteiger partial charge is 0.386 e. The molecule has 1 N–H and O–H groups in total. The molecule has 0 fully saturated rings. The van der Waals surface area contributed by atoms with Gasteiger partial charge in [0.05, 0.1) is 12.2 Å². The van der Waals surface area contributed by atoms with Crippen LogP contribution in [-0.2, 0) is 4.74 Å². The van der Waals surface area contributed by atoms with Gasteiger partial charge < -0.3 is 9.84 Å². The number of halogens is 1. The minimum atomic E-state index is -0.546. The first-order chi connectivity index (χ1) is 6.40. The maximum atomic E-state index is 9.81. The van der Waals surface area contributed by atoms with Crippen LogP contribution in [0.4, 0.5) is 0 Å². The van der Waals surface area contributed by atoms with Gasteiger partial charge in [-0.3, -0.25) is 0 Å². The predicted octanol–water partition coefficient (Wildman–Crippen LogP) is 3.36. The Morgan fingerprint density at radius 3 is 2.57 bits per heavy atom. The molecule has 1 aromatic heterocycles. The highest BCUT2D eigenvalue weighted by atomic mass is 79.9. The van der Waals surface area contributed by atoms with E-state index in [1.807, 2.05) is 31.5 Å². The summed E-state index contributed by atoms with van der Waals surface area (Å²) in [6, 6.07) is 0. The third kappa shape index (κ3) is 3.69. The first kappa shape index (κ1) is 12.2. The zero-order valence-corrected chi connectivity index (χ0v) is 11.0. The van der Waals surface area contributed by atoms with Crippen molar-refractivity contribution >= 4 is 27.3 Å². The molecule has 0 amide bonds.